The molecule has 1 aliphatic rings. The molecule has 1 saturated carbocycles. The third-order valence-electron chi connectivity index (χ3n) is 4.51. The molecule has 146 valence electrons. The lowest BCUT2D eigenvalue weighted by atomic mass is 9.98. The van der Waals surface area contributed by atoms with Gasteiger partial charge in [-0.1, -0.05) is 6.42 Å². The molecule has 27 heavy (non-hydrogen) atoms. The molecule has 0 saturated heterocycles. The molecular formula is C19H27N5O3. The fourth-order valence-electron chi connectivity index (χ4n) is 3.07. The smallest absolute Gasteiger partial charge is 0.319 e. The summed E-state index contributed by atoms with van der Waals surface area (Å²) in [5.41, 5.74) is 1.58. The molecular weight excluding hydrogens is 346 g/mol. The van der Waals surface area contributed by atoms with Gasteiger partial charge in [-0.05, 0) is 37.3 Å². The van der Waals surface area contributed by atoms with Crippen molar-refractivity contribution in [3.05, 3.63) is 36.3 Å². The first-order valence-corrected chi connectivity index (χ1v) is 9.41. The molecule has 2 heterocycles. The van der Waals surface area contributed by atoms with E-state index in [0.29, 0.717) is 31.3 Å². The van der Waals surface area contributed by atoms with Gasteiger partial charge in [0.15, 0.2) is 0 Å². The van der Waals surface area contributed by atoms with Crippen LogP contribution in [0.1, 0.15) is 37.7 Å². The highest BCUT2D eigenvalue weighted by molar-refractivity contribution is 5.88. The Kier molecular flexibility index (Phi) is 7.04. The van der Waals surface area contributed by atoms with Crippen LogP contribution in [0.15, 0.2) is 30.7 Å². The van der Waals surface area contributed by atoms with Gasteiger partial charge in [-0.2, -0.15) is 5.10 Å². The molecule has 1 fully saturated rings. The normalized spacial score (nSPS) is 14.7. The number of pyridine rings is 1. The third kappa shape index (κ3) is 6.25. The van der Waals surface area contributed by atoms with E-state index in [1.807, 2.05) is 12.1 Å². The van der Waals surface area contributed by atoms with Crippen molar-refractivity contribution < 1.29 is 14.3 Å². The molecule has 0 aliphatic heterocycles. The summed E-state index contributed by atoms with van der Waals surface area (Å²) in [5.74, 6) is 0.626. The van der Waals surface area contributed by atoms with Crippen LogP contribution < -0.4 is 15.4 Å². The molecule has 1 aliphatic carbocycles. The lowest BCUT2D eigenvalue weighted by molar-refractivity contribution is 0.148. The summed E-state index contributed by atoms with van der Waals surface area (Å²) in [6.07, 6.45) is 11.2. The Morgan fingerprint density at radius 1 is 1.33 bits per heavy atom. The van der Waals surface area contributed by atoms with Crippen LogP contribution in [0.25, 0.3) is 0 Å². The highest BCUT2D eigenvalue weighted by Gasteiger charge is 2.15. The maximum Gasteiger partial charge on any atom is 0.319 e. The van der Waals surface area contributed by atoms with Crippen LogP contribution in [0.3, 0.4) is 0 Å². The van der Waals surface area contributed by atoms with E-state index in [0.717, 1.165) is 18.4 Å². The van der Waals surface area contributed by atoms with Crippen molar-refractivity contribution in [2.75, 3.05) is 19.0 Å². The van der Waals surface area contributed by atoms with Gasteiger partial charge >= 0.3 is 6.03 Å². The highest BCUT2D eigenvalue weighted by atomic mass is 16.5. The monoisotopic (exact) mass is 373 g/mol. The Bertz CT molecular complexity index is 728. The topological polar surface area (TPSA) is 90.3 Å². The van der Waals surface area contributed by atoms with E-state index in [9.17, 15) is 4.79 Å². The Balaban J connectivity index is 1.45. The Morgan fingerprint density at radius 3 is 3.00 bits per heavy atom. The van der Waals surface area contributed by atoms with E-state index in [-0.39, 0.29) is 12.1 Å². The molecule has 3 rings (SSSR count). The quantitative estimate of drug-likeness (QED) is 0.742. The summed E-state index contributed by atoms with van der Waals surface area (Å²) in [4.78, 5) is 16.4. The average Bonchev–Trinajstić information content (AvgIpc) is 3.13. The van der Waals surface area contributed by atoms with E-state index < -0.39 is 0 Å². The minimum absolute atomic E-state index is 0.257. The molecule has 0 bridgehead atoms. The first-order chi connectivity index (χ1) is 13.2. The van der Waals surface area contributed by atoms with E-state index in [4.69, 9.17) is 9.47 Å². The summed E-state index contributed by atoms with van der Waals surface area (Å²) >= 11 is 0. The standard InChI is InChI=1S/C19H27N5O3/c1-26-10-9-24-14-16(13-22-24)23-19(25)21-12-15-7-8-20-18(11-15)27-17-5-3-2-4-6-17/h7-8,11,13-14,17H,2-6,9-10,12H2,1H3,(H2,21,23,25). The molecule has 2 aromatic heterocycles. The highest BCUT2D eigenvalue weighted by Crippen LogP contribution is 2.22. The number of nitrogens with zero attached hydrogens (tertiary/aromatic N) is 3. The van der Waals surface area contributed by atoms with E-state index >= 15 is 0 Å². The Morgan fingerprint density at radius 2 is 2.19 bits per heavy atom. The van der Waals surface area contributed by atoms with E-state index in [1.165, 1.54) is 19.3 Å². The fraction of sp³-hybridized carbons (Fsp3) is 0.526. The van der Waals surface area contributed by atoms with Gasteiger partial charge in [0.1, 0.15) is 6.10 Å². The van der Waals surface area contributed by atoms with Crippen LogP contribution >= 0.6 is 0 Å². The minimum atomic E-state index is -0.284. The Hall–Kier alpha value is -2.61. The lowest BCUT2D eigenvalue weighted by Crippen LogP contribution is -2.28. The van der Waals surface area contributed by atoms with Crippen LogP contribution in [0.2, 0.25) is 0 Å². The number of anilines is 1. The van der Waals surface area contributed by atoms with Gasteiger partial charge in [0.05, 0.1) is 25.0 Å². The van der Waals surface area contributed by atoms with E-state index in [2.05, 4.69) is 20.7 Å². The van der Waals surface area contributed by atoms with Crippen molar-refractivity contribution in [2.45, 2.75) is 51.3 Å². The molecule has 0 radical (unpaired) electrons. The molecule has 0 atom stereocenters. The van der Waals surface area contributed by atoms with Crippen LogP contribution in [-0.2, 0) is 17.8 Å². The second kappa shape index (κ2) is 9.91. The summed E-state index contributed by atoms with van der Waals surface area (Å²) in [6.45, 7) is 1.61. The number of methoxy groups -OCH3 is 1. The van der Waals surface area contributed by atoms with Gasteiger partial charge in [0, 0.05) is 32.1 Å². The fourth-order valence-corrected chi connectivity index (χ4v) is 3.07. The molecule has 0 aromatic carbocycles. The Labute approximate surface area is 159 Å². The molecule has 2 aromatic rings. The van der Waals surface area contributed by atoms with Gasteiger partial charge in [0.25, 0.3) is 0 Å². The maximum atomic E-state index is 12.1. The minimum Gasteiger partial charge on any atom is -0.474 e. The predicted molar refractivity (Wildman–Crippen MR) is 102 cm³/mol. The summed E-state index contributed by atoms with van der Waals surface area (Å²) in [5, 5.41) is 9.77. The van der Waals surface area contributed by atoms with Crippen molar-refractivity contribution in [1.82, 2.24) is 20.1 Å². The van der Waals surface area contributed by atoms with Crippen molar-refractivity contribution in [3.8, 4) is 5.88 Å². The molecule has 2 amide bonds. The van der Waals surface area contributed by atoms with Crippen molar-refractivity contribution in [1.29, 1.82) is 0 Å². The number of ether oxygens (including phenoxy) is 2. The molecule has 0 unspecified atom stereocenters. The number of hydrogen-bond donors (Lipinski definition) is 2. The van der Waals surface area contributed by atoms with Crippen molar-refractivity contribution in [3.63, 3.8) is 0 Å². The average molecular weight is 373 g/mol. The number of urea groups is 1. The first kappa shape index (κ1) is 19.2. The van der Waals surface area contributed by atoms with Gasteiger partial charge in [-0.25, -0.2) is 9.78 Å². The summed E-state index contributed by atoms with van der Waals surface area (Å²) in [6, 6.07) is 3.47. The third-order valence-corrected chi connectivity index (χ3v) is 4.51. The number of nitrogens with one attached hydrogen (secondary N) is 2. The van der Waals surface area contributed by atoms with Gasteiger partial charge in [0.2, 0.25) is 5.88 Å². The molecule has 0 spiro atoms. The molecule has 2 N–H and O–H groups in total. The van der Waals surface area contributed by atoms with Crippen LogP contribution in [-0.4, -0.2) is 40.6 Å². The number of amides is 2. The van der Waals surface area contributed by atoms with Gasteiger partial charge in [-0.15, -0.1) is 0 Å². The number of carbonyl (C=O) groups excluding carboxylic acids is 1. The second-order valence-electron chi connectivity index (χ2n) is 6.67. The SMILES string of the molecule is COCCn1cc(NC(=O)NCc2ccnc(OC3CCCCC3)c2)cn1. The van der Waals surface area contributed by atoms with Gasteiger partial charge in [-0.3, -0.25) is 4.68 Å². The largest absolute Gasteiger partial charge is 0.474 e. The number of rotatable bonds is 8. The number of hydrogen-bond acceptors (Lipinski definition) is 5. The molecule has 8 heteroatoms. The zero-order valence-electron chi connectivity index (χ0n) is 15.7. The maximum absolute atomic E-state index is 12.1. The zero-order chi connectivity index (χ0) is 18.9. The van der Waals surface area contributed by atoms with Gasteiger partial charge < -0.3 is 20.1 Å². The van der Waals surface area contributed by atoms with Crippen LogP contribution in [0.5, 0.6) is 5.88 Å². The molecule has 8 nitrogen and oxygen atoms in total. The number of carbonyl (C=O) groups is 1. The zero-order valence-corrected chi connectivity index (χ0v) is 15.7. The first-order valence-electron chi connectivity index (χ1n) is 9.41. The van der Waals surface area contributed by atoms with Crippen molar-refractivity contribution >= 4 is 11.7 Å². The van der Waals surface area contributed by atoms with Crippen LogP contribution in [0.4, 0.5) is 10.5 Å². The van der Waals surface area contributed by atoms with Crippen molar-refractivity contribution in [2.24, 2.45) is 0 Å². The summed E-state index contributed by atoms with van der Waals surface area (Å²) in [7, 11) is 1.64. The second-order valence-corrected chi connectivity index (χ2v) is 6.67. The summed E-state index contributed by atoms with van der Waals surface area (Å²) < 4.78 is 12.7. The van der Waals surface area contributed by atoms with E-state index in [1.54, 1.807) is 30.4 Å². The predicted octanol–water partition coefficient (Wildman–Crippen LogP) is 2.96. The number of aromatic nitrogens is 3. The lowest BCUT2D eigenvalue weighted by Gasteiger charge is -2.22. The van der Waals surface area contributed by atoms with Crippen LogP contribution in [0, 0.1) is 0 Å².